The van der Waals surface area contributed by atoms with Gasteiger partial charge in [-0.3, -0.25) is 0 Å². The third kappa shape index (κ3) is 3.21. The van der Waals surface area contributed by atoms with Crippen molar-refractivity contribution in [1.29, 1.82) is 0 Å². The van der Waals surface area contributed by atoms with Crippen molar-refractivity contribution in [2.24, 2.45) is 0 Å². The maximum absolute atomic E-state index is 12.7. The van der Waals surface area contributed by atoms with Crippen molar-refractivity contribution in [1.82, 2.24) is 4.98 Å². The first kappa shape index (κ1) is 14.6. The number of rotatable bonds is 2. The Kier molecular flexibility index (Phi) is 3.63. The Morgan fingerprint density at radius 1 is 1.00 bits per heavy atom. The van der Waals surface area contributed by atoms with Gasteiger partial charge in [0.05, 0.1) is 16.5 Å². The molecule has 0 aliphatic heterocycles. The lowest BCUT2D eigenvalue weighted by molar-refractivity contribution is -0.162. The van der Waals surface area contributed by atoms with E-state index in [0.717, 1.165) is 17.4 Å². The molecule has 2 rings (SSSR count). The monoisotopic (exact) mass is 312 g/mol. The molecule has 0 bridgehead atoms. The lowest BCUT2D eigenvalue weighted by Crippen LogP contribution is -2.16. The quantitative estimate of drug-likeness (QED) is 0.745. The molecule has 20 heavy (non-hydrogen) atoms. The summed E-state index contributed by atoms with van der Waals surface area (Å²) < 4.78 is 80.5. The highest BCUT2D eigenvalue weighted by Crippen LogP contribution is 2.42. The van der Waals surface area contributed by atoms with E-state index < -0.39 is 23.5 Å². The molecule has 2 aromatic rings. The third-order valence-electron chi connectivity index (χ3n) is 2.19. The van der Waals surface area contributed by atoms with Crippen molar-refractivity contribution in [2.75, 3.05) is 0 Å². The summed E-state index contributed by atoms with van der Waals surface area (Å²) in [4.78, 5) is 3.54. The Balaban J connectivity index is 2.44. The highest BCUT2D eigenvalue weighted by molar-refractivity contribution is 7.07. The van der Waals surface area contributed by atoms with E-state index in [9.17, 15) is 26.3 Å². The van der Waals surface area contributed by atoms with Gasteiger partial charge in [0.1, 0.15) is 5.75 Å². The Morgan fingerprint density at radius 3 is 2.15 bits per heavy atom. The van der Waals surface area contributed by atoms with Gasteiger partial charge in [-0.1, -0.05) is 0 Å². The smallest absolute Gasteiger partial charge is 0.417 e. The van der Waals surface area contributed by atoms with Crippen LogP contribution in [0.5, 0.6) is 11.6 Å². The number of halogens is 6. The van der Waals surface area contributed by atoms with E-state index >= 15 is 0 Å². The molecule has 0 saturated heterocycles. The van der Waals surface area contributed by atoms with Gasteiger partial charge in [0.15, 0.2) is 5.51 Å². The fourth-order valence-corrected chi connectivity index (χ4v) is 1.81. The fourth-order valence-electron chi connectivity index (χ4n) is 1.41. The van der Waals surface area contributed by atoms with Crippen LogP contribution in [-0.4, -0.2) is 4.98 Å². The van der Waals surface area contributed by atoms with Crippen LogP contribution in [0.1, 0.15) is 11.1 Å². The molecule has 9 heteroatoms. The largest absolute Gasteiger partial charge is 0.438 e. The summed E-state index contributed by atoms with van der Waals surface area (Å²) in [6, 6.07) is 1.42. The number of alkyl halides is 6. The van der Waals surface area contributed by atoms with E-state index in [1.165, 1.54) is 5.38 Å². The Bertz CT molecular complexity index is 590. The summed E-state index contributed by atoms with van der Waals surface area (Å²) >= 11 is 1.01. The lowest BCUT2D eigenvalue weighted by atomic mass is 10.1. The van der Waals surface area contributed by atoms with E-state index in [1.807, 2.05) is 0 Å². The summed E-state index contributed by atoms with van der Waals surface area (Å²) in [5.41, 5.74) is -1.17. The number of benzene rings is 1. The molecule has 0 saturated carbocycles. The molecule has 0 aliphatic carbocycles. The van der Waals surface area contributed by atoms with Crippen LogP contribution in [0.4, 0.5) is 26.3 Å². The average Bonchev–Trinajstić information content (AvgIpc) is 2.79. The van der Waals surface area contributed by atoms with Crippen molar-refractivity contribution < 1.29 is 31.1 Å². The molecular weight excluding hydrogens is 308 g/mol. The molecular formula is C11H4F6NOS. The second-order valence-corrected chi connectivity index (χ2v) is 4.24. The summed E-state index contributed by atoms with van der Waals surface area (Å²) in [5.74, 6) is -0.424. The van der Waals surface area contributed by atoms with Gasteiger partial charge in [-0.2, -0.15) is 31.3 Å². The van der Waals surface area contributed by atoms with Gasteiger partial charge in [-0.25, -0.2) is 0 Å². The van der Waals surface area contributed by atoms with E-state index in [1.54, 1.807) is 0 Å². The minimum Gasteiger partial charge on any atom is -0.438 e. The van der Waals surface area contributed by atoms with Crippen LogP contribution in [-0.2, 0) is 12.4 Å². The van der Waals surface area contributed by atoms with E-state index in [4.69, 9.17) is 4.74 Å². The molecule has 107 valence electrons. The van der Waals surface area contributed by atoms with Crippen LogP contribution >= 0.6 is 11.3 Å². The molecule has 0 atom stereocenters. The summed E-state index contributed by atoms with van der Waals surface area (Å²) in [7, 11) is 0. The molecule has 1 aromatic heterocycles. The maximum Gasteiger partial charge on any atom is 0.417 e. The number of aromatic nitrogens is 1. The average molecular weight is 312 g/mol. The number of thiazole rings is 1. The molecule has 0 unspecified atom stereocenters. The highest BCUT2D eigenvalue weighted by Gasteiger charge is 2.43. The summed E-state index contributed by atoms with van der Waals surface area (Å²) in [5, 5.41) is 1.35. The first-order valence-electron chi connectivity index (χ1n) is 4.96. The van der Waals surface area contributed by atoms with Crippen LogP contribution < -0.4 is 4.74 Å². The van der Waals surface area contributed by atoms with Crippen molar-refractivity contribution in [2.45, 2.75) is 12.4 Å². The Morgan fingerprint density at radius 2 is 1.65 bits per heavy atom. The van der Waals surface area contributed by atoms with Crippen LogP contribution in [0.3, 0.4) is 0 Å². The zero-order chi connectivity index (χ0) is 15.0. The molecule has 0 fully saturated rings. The van der Waals surface area contributed by atoms with Crippen LogP contribution in [0.25, 0.3) is 0 Å². The Labute approximate surface area is 112 Å². The number of nitrogens with zero attached hydrogens (tertiary/aromatic N) is 1. The van der Waals surface area contributed by atoms with Gasteiger partial charge in [-0.15, -0.1) is 11.3 Å². The van der Waals surface area contributed by atoms with Gasteiger partial charge < -0.3 is 4.74 Å². The zero-order valence-corrected chi connectivity index (χ0v) is 10.2. The molecule has 0 spiro atoms. The fraction of sp³-hybridized carbons (Fsp3) is 0.182. The highest BCUT2D eigenvalue weighted by atomic mass is 32.1. The van der Waals surface area contributed by atoms with E-state index in [-0.39, 0.29) is 11.6 Å². The first-order valence-corrected chi connectivity index (χ1v) is 5.84. The van der Waals surface area contributed by atoms with Crippen LogP contribution in [0, 0.1) is 5.51 Å². The molecule has 0 N–H and O–H groups in total. The standard InChI is InChI=1S/C11H4F6NOS/c12-10(13,14)7-2-1-6(3-8(7)11(15,16)17)19-9-4-20-5-18-9/h1-4H. The summed E-state index contributed by atoms with van der Waals surface area (Å²) in [6.45, 7) is 0. The zero-order valence-electron chi connectivity index (χ0n) is 9.34. The van der Waals surface area contributed by atoms with Crippen molar-refractivity contribution >= 4 is 11.3 Å². The van der Waals surface area contributed by atoms with E-state index in [0.29, 0.717) is 12.1 Å². The van der Waals surface area contributed by atoms with Gasteiger partial charge in [-0.05, 0) is 18.2 Å². The second-order valence-electron chi connectivity index (χ2n) is 3.58. The molecule has 1 radical (unpaired) electrons. The normalized spacial score (nSPS) is 12.5. The van der Waals surface area contributed by atoms with E-state index in [2.05, 4.69) is 10.5 Å². The number of hydrogen-bond acceptors (Lipinski definition) is 3. The van der Waals surface area contributed by atoms with Gasteiger partial charge in [0, 0.05) is 0 Å². The van der Waals surface area contributed by atoms with Gasteiger partial charge in [0.2, 0.25) is 5.88 Å². The third-order valence-corrected chi connectivity index (χ3v) is 2.71. The predicted molar refractivity (Wildman–Crippen MR) is 57.5 cm³/mol. The second kappa shape index (κ2) is 4.97. The van der Waals surface area contributed by atoms with Crippen molar-refractivity contribution in [3.8, 4) is 11.6 Å². The van der Waals surface area contributed by atoms with Gasteiger partial charge >= 0.3 is 12.4 Å². The Hall–Kier alpha value is -1.77. The number of ether oxygens (including phenoxy) is 1. The molecule has 0 aliphatic rings. The summed E-state index contributed by atoms with van der Waals surface area (Å²) in [6.07, 6.45) is -10.2. The first-order chi connectivity index (χ1) is 9.18. The number of hydrogen-bond donors (Lipinski definition) is 0. The van der Waals surface area contributed by atoms with Crippen LogP contribution in [0.2, 0.25) is 0 Å². The van der Waals surface area contributed by atoms with Crippen molar-refractivity contribution in [3.63, 3.8) is 0 Å². The lowest BCUT2D eigenvalue weighted by Gasteiger charge is -2.16. The predicted octanol–water partition coefficient (Wildman–Crippen LogP) is 4.77. The maximum atomic E-state index is 12.7. The minimum atomic E-state index is -5.14. The van der Waals surface area contributed by atoms with Crippen molar-refractivity contribution in [3.05, 3.63) is 40.2 Å². The van der Waals surface area contributed by atoms with Crippen LogP contribution in [0.15, 0.2) is 23.6 Å². The minimum absolute atomic E-state index is 0.0390. The molecule has 1 heterocycles. The van der Waals surface area contributed by atoms with Gasteiger partial charge in [0.25, 0.3) is 0 Å². The SMILES string of the molecule is FC(F)(F)c1ccc(Oc2cs[c]n2)cc1C(F)(F)F. The molecule has 2 nitrogen and oxygen atoms in total. The molecule has 1 aromatic carbocycles. The topological polar surface area (TPSA) is 22.1 Å². The molecule has 0 amide bonds.